The lowest BCUT2D eigenvalue weighted by Gasteiger charge is -2.19. The Morgan fingerprint density at radius 3 is 2.59 bits per heavy atom. The Kier molecular flexibility index (Phi) is 8.48. The molecule has 2 aromatic carbocycles. The lowest BCUT2D eigenvalue weighted by Crippen LogP contribution is -2.35. The lowest BCUT2D eigenvalue weighted by atomic mass is 10.2. The number of benzene rings is 2. The second-order valence-electron chi connectivity index (χ2n) is 9.04. The summed E-state index contributed by atoms with van der Waals surface area (Å²) in [6.07, 6.45) is 1.70. The number of nitrogens with one attached hydrogen (secondary N) is 1. The van der Waals surface area contributed by atoms with Crippen molar-refractivity contribution in [1.82, 2.24) is 14.7 Å². The Balaban J connectivity index is 1.54. The summed E-state index contributed by atoms with van der Waals surface area (Å²) in [6, 6.07) is 12.4. The van der Waals surface area contributed by atoms with Gasteiger partial charge in [-0.15, -0.1) is 0 Å². The minimum Gasteiger partial charge on any atom is -0.452 e. The van der Waals surface area contributed by atoms with Crippen LogP contribution in [0.2, 0.25) is 5.02 Å². The zero-order chi connectivity index (χ0) is 28.3. The molecule has 0 aliphatic carbocycles. The van der Waals surface area contributed by atoms with Gasteiger partial charge in [0.25, 0.3) is 21.5 Å². The molecule has 1 N–H and O–H groups in total. The predicted molar refractivity (Wildman–Crippen MR) is 145 cm³/mol. The Bertz CT molecular complexity index is 1540. The summed E-state index contributed by atoms with van der Waals surface area (Å²) in [7, 11) is -1.38. The molecule has 13 heteroatoms. The number of hydrogen-bond donors (Lipinski definition) is 1. The highest BCUT2D eigenvalue weighted by molar-refractivity contribution is 7.92. The number of carbonyl (C=O) groups excluding carboxylic acids is 2. The van der Waals surface area contributed by atoms with E-state index in [0.717, 1.165) is 23.2 Å². The van der Waals surface area contributed by atoms with Gasteiger partial charge in [0, 0.05) is 27.2 Å². The van der Waals surface area contributed by atoms with Crippen molar-refractivity contribution in [2.75, 3.05) is 31.1 Å². The Labute approximate surface area is 230 Å². The molecular weight excluding hydrogens is 548 g/mol. The topological polar surface area (TPSA) is 129 Å². The summed E-state index contributed by atoms with van der Waals surface area (Å²) in [4.78, 5) is 37.8. The largest absolute Gasteiger partial charge is 0.452 e. The van der Waals surface area contributed by atoms with Gasteiger partial charge in [-0.05, 0) is 50.1 Å². The molecule has 0 bridgehead atoms. The summed E-state index contributed by atoms with van der Waals surface area (Å²) >= 11 is 6.16. The van der Waals surface area contributed by atoms with Gasteiger partial charge in [-0.25, -0.2) is 17.9 Å². The minimum absolute atomic E-state index is 0.0521. The SMILES string of the molecule is Cc1c(N(C)S(=O)(=O)c2ccc(Cl)c(C(=O)OCC(=O)NCC3CCCO3)c2)c(=O)n(-c2ccccc2)n1C. The third kappa shape index (κ3) is 5.87. The third-order valence-corrected chi connectivity index (χ3v) is 8.62. The zero-order valence-corrected chi connectivity index (χ0v) is 23.3. The van der Waals surface area contributed by atoms with E-state index in [4.69, 9.17) is 21.1 Å². The molecule has 11 nitrogen and oxygen atoms in total. The molecule has 1 amide bonds. The number of esters is 1. The van der Waals surface area contributed by atoms with Crippen molar-refractivity contribution in [3.8, 4) is 5.69 Å². The fourth-order valence-corrected chi connectivity index (χ4v) is 5.78. The second kappa shape index (κ2) is 11.6. The average molecular weight is 577 g/mol. The van der Waals surface area contributed by atoms with Crippen molar-refractivity contribution in [2.45, 2.75) is 30.8 Å². The summed E-state index contributed by atoms with van der Waals surface area (Å²) < 4.78 is 41.4. The number of aromatic nitrogens is 2. The van der Waals surface area contributed by atoms with Gasteiger partial charge < -0.3 is 14.8 Å². The lowest BCUT2D eigenvalue weighted by molar-refractivity contribution is -0.124. The number of carbonyl (C=O) groups is 2. The van der Waals surface area contributed by atoms with E-state index >= 15 is 0 Å². The van der Waals surface area contributed by atoms with Gasteiger partial charge in [0.1, 0.15) is 5.69 Å². The first kappa shape index (κ1) is 28.4. The average Bonchev–Trinajstić information content (AvgIpc) is 3.52. The maximum Gasteiger partial charge on any atom is 0.340 e. The maximum atomic E-state index is 13.6. The number of ether oxygens (including phenoxy) is 2. The van der Waals surface area contributed by atoms with Gasteiger partial charge in [0.15, 0.2) is 6.61 Å². The fraction of sp³-hybridized carbons (Fsp3) is 0.346. The Morgan fingerprint density at radius 1 is 1.21 bits per heavy atom. The molecule has 0 spiro atoms. The number of rotatable bonds is 9. The molecule has 1 saturated heterocycles. The molecule has 2 heterocycles. The first-order valence-electron chi connectivity index (χ1n) is 12.2. The quantitative estimate of drug-likeness (QED) is 0.387. The van der Waals surface area contributed by atoms with Crippen LogP contribution in [-0.4, -0.2) is 62.6 Å². The first-order chi connectivity index (χ1) is 18.5. The van der Waals surface area contributed by atoms with Crippen LogP contribution in [0.4, 0.5) is 5.69 Å². The first-order valence-corrected chi connectivity index (χ1v) is 14.0. The highest BCUT2D eigenvalue weighted by atomic mass is 35.5. The fourth-order valence-electron chi connectivity index (χ4n) is 4.31. The summed E-state index contributed by atoms with van der Waals surface area (Å²) in [5, 5.41) is 2.58. The van der Waals surface area contributed by atoms with Crippen LogP contribution in [0.5, 0.6) is 0 Å². The van der Waals surface area contributed by atoms with Gasteiger partial charge in [-0.3, -0.25) is 18.6 Å². The molecule has 208 valence electrons. The summed E-state index contributed by atoms with van der Waals surface area (Å²) in [6.45, 7) is 2.02. The number of hydrogen-bond acceptors (Lipinski definition) is 7. The van der Waals surface area contributed by atoms with Crippen molar-refractivity contribution < 1.29 is 27.5 Å². The molecule has 0 radical (unpaired) electrons. The molecule has 1 unspecified atom stereocenters. The predicted octanol–water partition coefficient (Wildman–Crippen LogP) is 2.41. The van der Waals surface area contributed by atoms with Crippen molar-refractivity contribution in [3.63, 3.8) is 0 Å². The molecule has 1 aromatic heterocycles. The van der Waals surface area contributed by atoms with Crippen molar-refractivity contribution in [2.24, 2.45) is 7.05 Å². The molecule has 39 heavy (non-hydrogen) atoms. The van der Waals surface area contributed by atoms with E-state index in [9.17, 15) is 22.8 Å². The van der Waals surface area contributed by atoms with Crippen LogP contribution in [0.1, 0.15) is 28.9 Å². The van der Waals surface area contributed by atoms with Gasteiger partial charge >= 0.3 is 5.97 Å². The van der Waals surface area contributed by atoms with Crippen LogP contribution in [0.3, 0.4) is 0 Å². The zero-order valence-electron chi connectivity index (χ0n) is 21.7. The van der Waals surface area contributed by atoms with E-state index in [1.807, 2.05) is 6.07 Å². The van der Waals surface area contributed by atoms with Crippen LogP contribution in [0.25, 0.3) is 5.69 Å². The van der Waals surface area contributed by atoms with Crippen LogP contribution in [0.15, 0.2) is 58.2 Å². The van der Waals surface area contributed by atoms with Crippen LogP contribution in [0, 0.1) is 6.92 Å². The van der Waals surface area contributed by atoms with Crippen LogP contribution < -0.4 is 15.2 Å². The van der Waals surface area contributed by atoms with Crippen LogP contribution in [-0.2, 0) is 31.3 Å². The normalized spacial score (nSPS) is 15.2. The Hall–Kier alpha value is -3.61. The highest BCUT2D eigenvalue weighted by Gasteiger charge is 2.30. The summed E-state index contributed by atoms with van der Waals surface area (Å²) in [5.74, 6) is -1.48. The van der Waals surface area contributed by atoms with Gasteiger partial charge in [-0.1, -0.05) is 29.8 Å². The minimum atomic E-state index is -4.30. The van der Waals surface area contributed by atoms with E-state index in [0.29, 0.717) is 24.5 Å². The van der Waals surface area contributed by atoms with Crippen molar-refractivity contribution in [3.05, 3.63) is 75.2 Å². The molecule has 0 saturated carbocycles. The molecule has 4 rings (SSSR count). The standard InChI is InChI=1S/C26H29ClN4O7S/c1-17-24(25(33)31(29(17)2)18-8-5-4-6-9-18)30(3)39(35,36)20-11-12-22(27)21(14-20)26(34)38-16-23(32)28-15-19-10-7-13-37-19/h4-6,8-9,11-12,14,19H,7,10,13,15-16H2,1-3H3,(H,28,32). The number of amides is 1. The van der Waals surface area contributed by atoms with Crippen molar-refractivity contribution in [1.29, 1.82) is 0 Å². The van der Waals surface area contributed by atoms with E-state index in [2.05, 4.69) is 5.32 Å². The number of nitrogens with zero attached hydrogens (tertiary/aromatic N) is 3. The van der Waals surface area contributed by atoms with Gasteiger partial charge in [-0.2, -0.15) is 0 Å². The Morgan fingerprint density at radius 2 is 1.92 bits per heavy atom. The number of anilines is 1. The van der Waals surface area contributed by atoms with Gasteiger partial charge in [0.2, 0.25) is 0 Å². The van der Waals surface area contributed by atoms with E-state index in [1.165, 1.54) is 23.9 Å². The van der Waals surface area contributed by atoms with E-state index in [-0.39, 0.29) is 27.3 Å². The van der Waals surface area contributed by atoms with E-state index < -0.39 is 34.1 Å². The second-order valence-corrected chi connectivity index (χ2v) is 11.4. The third-order valence-electron chi connectivity index (χ3n) is 6.54. The maximum absolute atomic E-state index is 13.6. The summed E-state index contributed by atoms with van der Waals surface area (Å²) in [5.41, 5.74) is 0.168. The number of halogens is 1. The smallest absolute Gasteiger partial charge is 0.340 e. The monoisotopic (exact) mass is 576 g/mol. The van der Waals surface area contributed by atoms with Crippen molar-refractivity contribution >= 4 is 39.2 Å². The molecule has 3 aromatic rings. The molecular formula is C26H29ClN4O7S. The van der Waals surface area contributed by atoms with E-state index in [1.54, 1.807) is 42.9 Å². The molecule has 1 aliphatic rings. The highest BCUT2D eigenvalue weighted by Crippen LogP contribution is 2.27. The number of sulfonamides is 1. The molecule has 1 atom stereocenters. The molecule has 1 aliphatic heterocycles. The van der Waals surface area contributed by atoms with Crippen LogP contribution >= 0.6 is 11.6 Å². The molecule has 1 fully saturated rings. The van der Waals surface area contributed by atoms with Gasteiger partial charge in [0.05, 0.1) is 33.0 Å². The number of para-hydroxylation sites is 1.